The Morgan fingerprint density at radius 3 is 2.85 bits per heavy atom. The predicted molar refractivity (Wildman–Crippen MR) is 85.2 cm³/mol. The van der Waals surface area contributed by atoms with Gasteiger partial charge in [-0.05, 0) is 42.9 Å². The molecule has 0 aliphatic carbocycles. The Balaban J connectivity index is 2.09. The fourth-order valence-electron chi connectivity index (χ4n) is 3.18. The second-order valence-electron chi connectivity index (χ2n) is 6.19. The third kappa shape index (κ3) is 3.85. The molecule has 2 nitrogen and oxygen atoms in total. The second-order valence-corrected chi connectivity index (χ2v) is 6.19. The molecule has 0 saturated carbocycles. The van der Waals surface area contributed by atoms with Crippen molar-refractivity contribution in [3.05, 3.63) is 35.4 Å². The van der Waals surface area contributed by atoms with Crippen LogP contribution in [0.1, 0.15) is 38.3 Å². The topological polar surface area (TPSA) is 29.3 Å². The lowest BCUT2D eigenvalue weighted by molar-refractivity contribution is 0.0729. The minimum Gasteiger partial charge on any atom is -0.320 e. The van der Waals surface area contributed by atoms with Crippen molar-refractivity contribution < 1.29 is 0 Å². The van der Waals surface area contributed by atoms with Gasteiger partial charge in [-0.15, -0.1) is 0 Å². The van der Waals surface area contributed by atoms with Gasteiger partial charge in [0.2, 0.25) is 0 Å². The largest absolute Gasteiger partial charge is 0.320 e. The molecular weight excluding hydrogens is 244 g/mol. The van der Waals surface area contributed by atoms with Crippen LogP contribution in [-0.2, 0) is 6.54 Å². The van der Waals surface area contributed by atoms with Crippen LogP contribution in [0.3, 0.4) is 0 Å². The summed E-state index contributed by atoms with van der Waals surface area (Å²) in [4.78, 5) is 2.61. The molecular formula is C18H26N2. The first-order valence-corrected chi connectivity index (χ1v) is 7.62. The van der Waals surface area contributed by atoms with E-state index in [0.717, 1.165) is 23.9 Å². The Kier molecular flexibility index (Phi) is 5.23. The van der Waals surface area contributed by atoms with E-state index in [2.05, 4.69) is 61.8 Å². The molecule has 0 spiro atoms. The van der Waals surface area contributed by atoms with Gasteiger partial charge in [-0.3, -0.25) is 4.90 Å². The van der Waals surface area contributed by atoms with Gasteiger partial charge in [0, 0.05) is 24.7 Å². The molecule has 2 heteroatoms. The Morgan fingerprint density at radius 1 is 1.30 bits per heavy atom. The fourth-order valence-corrected chi connectivity index (χ4v) is 3.18. The van der Waals surface area contributed by atoms with E-state index in [0.29, 0.717) is 12.6 Å². The number of rotatable bonds is 2. The first-order valence-electron chi connectivity index (χ1n) is 7.62. The molecule has 1 heterocycles. The lowest BCUT2D eigenvalue weighted by Crippen LogP contribution is -2.45. The summed E-state index contributed by atoms with van der Waals surface area (Å²) in [7, 11) is 0. The van der Waals surface area contributed by atoms with Crippen LogP contribution in [-0.4, -0.2) is 24.0 Å². The minimum atomic E-state index is 0.419. The van der Waals surface area contributed by atoms with Crippen molar-refractivity contribution >= 4 is 0 Å². The van der Waals surface area contributed by atoms with E-state index in [1.54, 1.807) is 0 Å². The Hall–Kier alpha value is -1.30. The van der Waals surface area contributed by atoms with Gasteiger partial charge in [0.05, 0.1) is 6.54 Å². The van der Waals surface area contributed by atoms with E-state index in [-0.39, 0.29) is 0 Å². The first kappa shape index (κ1) is 15.1. The zero-order chi connectivity index (χ0) is 14.5. The fraction of sp³-hybridized carbons (Fsp3) is 0.556. The highest BCUT2D eigenvalue weighted by Gasteiger charge is 2.28. The minimum absolute atomic E-state index is 0.419. The van der Waals surface area contributed by atoms with Crippen molar-refractivity contribution in [1.29, 1.82) is 0 Å². The molecule has 20 heavy (non-hydrogen) atoms. The standard InChI is InChI=1S/C18H26N2/c1-14-10-15(2)16(3)20(12-14)13-18-7-4-6-17(11-18)8-5-9-19/h4,6-7,11,14-16H,9-10,12-13,19H2,1-3H3. The van der Waals surface area contributed by atoms with E-state index < -0.39 is 0 Å². The maximum atomic E-state index is 5.43. The molecule has 0 bridgehead atoms. The van der Waals surface area contributed by atoms with E-state index in [1.807, 2.05) is 0 Å². The van der Waals surface area contributed by atoms with Crippen LogP contribution in [0.2, 0.25) is 0 Å². The van der Waals surface area contributed by atoms with E-state index >= 15 is 0 Å². The number of nitrogens with zero attached hydrogens (tertiary/aromatic N) is 1. The summed E-state index contributed by atoms with van der Waals surface area (Å²) in [6.07, 6.45) is 1.35. The zero-order valence-electron chi connectivity index (χ0n) is 12.9. The average molecular weight is 270 g/mol. The third-order valence-electron chi connectivity index (χ3n) is 4.37. The number of likely N-dealkylation sites (tertiary alicyclic amines) is 1. The molecule has 2 rings (SSSR count). The van der Waals surface area contributed by atoms with Crippen LogP contribution in [0, 0.1) is 23.7 Å². The van der Waals surface area contributed by atoms with Crippen molar-refractivity contribution in [2.45, 2.75) is 39.8 Å². The number of hydrogen-bond donors (Lipinski definition) is 1. The van der Waals surface area contributed by atoms with Gasteiger partial charge < -0.3 is 5.73 Å². The third-order valence-corrected chi connectivity index (χ3v) is 4.37. The van der Waals surface area contributed by atoms with Crippen LogP contribution in [0.25, 0.3) is 0 Å². The number of hydrogen-bond acceptors (Lipinski definition) is 2. The van der Waals surface area contributed by atoms with Crippen molar-refractivity contribution in [2.75, 3.05) is 13.1 Å². The van der Waals surface area contributed by atoms with Crippen molar-refractivity contribution in [1.82, 2.24) is 4.90 Å². The normalized spacial score (nSPS) is 26.9. The quantitative estimate of drug-likeness (QED) is 0.837. The lowest BCUT2D eigenvalue weighted by atomic mass is 9.86. The maximum absolute atomic E-state index is 5.43. The highest BCUT2D eigenvalue weighted by Crippen LogP contribution is 2.28. The van der Waals surface area contributed by atoms with E-state index in [9.17, 15) is 0 Å². The average Bonchev–Trinajstić information content (AvgIpc) is 2.42. The van der Waals surface area contributed by atoms with Crippen LogP contribution in [0.4, 0.5) is 0 Å². The van der Waals surface area contributed by atoms with Gasteiger partial charge in [0.15, 0.2) is 0 Å². The maximum Gasteiger partial charge on any atom is 0.0555 e. The van der Waals surface area contributed by atoms with E-state index in [1.165, 1.54) is 18.5 Å². The molecule has 2 N–H and O–H groups in total. The van der Waals surface area contributed by atoms with Gasteiger partial charge >= 0.3 is 0 Å². The Morgan fingerprint density at radius 2 is 2.10 bits per heavy atom. The summed E-state index contributed by atoms with van der Waals surface area (Å²) in [6, 6.07) is 9.20. The number of nitrogens with two attached hydrogens (primary N) is 1. The van der Waals surface area contributed by atoms with Gasteiger partial charge in [0.1, 0.15) is 0 Å². The molecule has 1 aliphatic rings. The van der Waals surface area contributed by atoms with Gasteiger partial charge in [-0.25, -0.2) is 0 Å². The molecule has 0 amide bonds. The Labute approximate surface area is 123 Å². The first-order chi connectivity index (χ1) is 9.60. The molecule has 1 aromatic carbocycles. The zero-order valence-corrected chi connectivity index (χ0v) is 12.9. The van der Waals surface area contributed by atoms with Gasteiger partial charge in [0.25, 0.3) is 0 Å². The van der Waals surface area contributed by atoms with Crippen molar-refractivity contribution in [3.8, 4) is 11.8 Å². The van der Waals surface area contributed by atoms with Crippen LogP contribution in [0.15, 0.2) is 24.3 Å². The summed E-state index contributed by atoms with van der Waals surface area (Å²) in [5, 5.41) is 0. The second kappa shape index (κ2) is 6.92. The summed E-state index contributed by atoms with van der Waals surface area (Å²) in [5.74, 6) is 7.61. The summed E-state index contributed by atoms with van der Waals surface area (Å²) in [6.45, 7) is 9.73. The smallest absolute Gasteiger partial charge is 0.0555 e. The lowest BCUT2D eigenvalue weighted by Gasteiger charge is -2.41. The molecule has 0 aromatic heterocycles. The molecule has 1 saturated heterocycles. The monoisotopic (exact) mass is 270 g/mol. The van der Waals surface area contributed by atoms with Gasteiger partial charge in [-0.2, -0.15) is 0 Å². The van der Waals surface area contributed by atoms with Crippen molar-refractivity contribution in [2.24, 2.45) is 17.6 Å². The molecule has 3 atom stereocenters. The SMILES string of the molecule is CC1CC(C)C(C)N(Cc2cccc(C#CCN)c2)C1. The van der Waals surface area contributed by atoms with Gasteiger partial charge in [-0.1, -0.05) is 37.8 Å². The van der Waals surface area contributed by atoms with Crippen LogP contribution in [0.5, 0.6) is 0 Å². The molecule has 1 fully saturated rings. The van der Waals surface area contributed by atoms with Crippen LogP contribution >= 0.6 is 0 Å². The number of benzene rings is 1. The summed E-state index contributed by atoms with van der Waals surface area (Å²) < 4.78 is 0. The Bertz CT molecular complexity index is 498. The summed E-state index contributed by atoms with van der Waals surface area (Å²) in [5.41, 5.74) is 7.85. The van der Waals surface area contributed by atoms with Crippen LogP contribution < -0.4 is 5.73 Å². The summed E-state index contributed by atoms with van der Waals surface area (Å²) >= 11 is 0. The molecule has 3 unspecified atom stereocenters. The van der Waals surface area contributed by atoms with E-state index in [4.69, 9.17) is 5.73 Å². The molecule has 0 radical (unpaired) electrons. The van der Waals surface area contributed by atoms with Crippen molar-refractivity contribution in [3.63, 3.8) is 0 Å². The molecule has 1 aromatic rings. The molecule has 108 valence electrons. The molecule has 1 aliphatic heterocycles. The highest BCUT2D eigenvalue weighted by atomic mass is 15.2. The number of piperidine rings is 1. The highest BCUT2D eigenvalue weighted by molar-refractivity contribution is 5.37. The predicted octanol–water partition coefficient (Wildman–Crippen LogP) is 2.86.